The van der Waals surface area contributed by atoms with Gasteiger partial charge in [0, 0.05) is 31.9 Å². The van der Waals surface area contributed by atoms with Gasteiger partial charge in [-0.2, -0.15) is 5.10 Å². The number of aryl methyl sites for hydroxylation is 1. The van der Waals surface area contributed by atoms with E-state index < -0.39 is 0 Å². The fraction of sp³-hybridized carbons (Fsp3) is 0.462. The van der Waals surface area contributed by atoms with Crippen LogP contribution in [0.15, 0.2) is 23.7 Å². The summed E-state index contributed by atoms with van der Waals surface area (Å²) >= 11 is 5.27. The van der Waals surface area contributed by atoms with Crippen molar-refractivity contribution in [1.82, 2.24) is 14.7 Å². The number of halogens is 1. The largest absolute Gasteiger partial charge is 0.477 e. The molecule has 2 heterocycles. The smallest absolute Gasteiger partial charge is 0.165 e. The van der Waals surface area contributed by atoms with E-state index in [4.69, 9.17) is 4.74 Å². The van der Waals surface area contributed by atoms with Crippen LogP contribution < -0.4 is 4.74 Å². The van der Waals surface area contributed by atoms with Crippen LogP contribution in [0.5, 0.6) is 5.75 Å². The van der Waals surface area contributed by atoms with Gasteiger partial charge in [0.05, 0.1) is 4.88 Å². The second-order valence-corrected chi connectivity index (χ2v) is 6.64. The molecule has 0 radical (unpaired) electrons. The summed E-state index contributed by atoms with van der Waals surface area (Å²) in [6, 6.07) is 4.06. The number of alkyl halides is 1. The molecule has 0 amide bonds. The SMILES string of the molecule is CN(C)CC(Br)Oc1ccsc1Cc1ccnn1C. The molecule has 4 nitrogen and oxygen atoms in total. The van der Waals surface area contributed by atoms with Gasteiger partial charge in [0.15, 0.2) is 5.01 Å². The van der Waals surface area contributed by atoms with Crippen molar-refractivity contribution in [2.24, 2.45) is 7.05 Å². The molecule has 1 atom stereocenters. The van der Waals surface area contributed by atoms with Crippen molar-refractivity contribution >= 4 is 27.3 Å². The third kappa shape index (κ3) is 4.06. The maximum absolute atomic E-state index is 5.94. The number of hydrogen-bond donors (Lipinski definition) is 0. The second kappa shape index (κ2) is 6.54. The second-order valence-electron chi connectivity index (χ2n) is 4.62. The van der Waals surface area contributed by atoms with Crippen molar-refractivity contribution in [3.63, 3.8) is 0 Å². The molecule has 0 aromatic carbocycles. The van der Waals surface area contributed by atoms with Gasteiger partial charge in [-0.25, -0.2) is 0 Å². The number of likely N-dealkylation sites (N-methyl/N-ethyl adjacent to an activating group) is 1. The van der Waals surface area contributed by atoms with Gasteiger partial charge < -0.3 is 9.64 Å². The minimum absolute atomic E-state index is 0.00221. The summed E-state index contributed by atoms with van der Waals surface area (Å²) in [5.41, 5.74) is 1.19. The lowest BCUT2D eigenvalue weighted by atomic mass is 10.2. The minimum atomic E-state index is 0.00221. The van der Waals surface area contributed by atoms with E-state index in [0.29, 0.717) is 0 Å². The summed E-state index contributed by atoms with van der Waals surface area (Å²) in [6.07, 6.45) is 2.67. The van der Waals surface area contributed by atoms with Crippen LogP contribution in [0.2, 0.25) is 0 Å². The van der Waals surface area contributed by atoms with Gasteiger partial charge in [0.2, 0.25) is 0 Å². The van der Waals surface area contributed by atoms with Crippen molar-refractivity contribution in [2.45, 2.75) is 11.4 Å². The molecule has 19 heavy (non-hydrogen) atoms. The molecule has 0 aliphatic carbocycles. The highest BCUT2D eigenvalue weighted by molar-refractivity contribution is 9.09. The fourth-order valence-electron chi connectivity index (χ4n) is 1.76. The van der Waals surface area contributed by atoms with Crippen LogP contribution in [-0.2, 0) is 13.5 Å². The van der Waals surface area contributed by atoms with Crippen molar-refractivity contribution in [3.8, 4) is 5.75 Å². The number of thiophene rings is 1. The third-order valence-corrected chi connectivity index (χ3v) is 4.11. The number of aromatic nitrogens is 2. The molecule has 2 rings (SSSR count). The van der Waals surface area contributed by atoms with Crippen molar-refractivity contribution in [1.29, 1.82) is 0 Å². The molecule has 2 aromatic heterocycles. The first-order valence-corrected chi connectivity index (χ1v) is 7.84. The molecule has 0 aliphatic rings. The van der Waals surface area contributed by atoms with Crippen LogP contribution in [0.1, 0.15) is 10.6 Å². The summed E-state index contributed by atoms with van der Waals surface area (Å²) in [5.74, 6) is 0.954. The van der Waals surface area contributed by atoms with Gasteiger partial charge in [-0.05, 0) is 47.5 Å². The maximum atomic E-state index is 5.94. The standard InChI is InChI=1S/C13H18BrN3OS/c1-16(2)9-13(14)18-11-5-7-19-12(11)8-10-4-6-15-17(10)3/h4-7,13H,8-9H2,1-3H3. The average Bonchev–Trinajstić information content (AvgIpc) is 2.89. The fourth-order valence-corrected chi connectivity index (χ4v) is 3.36. The predicted octanol–water partition coefficient (Wildman–Crippen LogP) is 2.73. The molecule has 0 spiro atoms. The summed E-state index contributed by atoms with van der Waals surface area (Å²) < 4.78 is 7.84. The summed E-state index contributed by atoms with van der Waals surface area (Å²) in [7, 11) is 6.02. The van der Waals surface area contributed by atoms with E-state index in [1.54, 1.807) is 11.3 Å². The Hall–Kier alpha value is -0.850. The first-order chi connectivity index (χ1) is 9.06. The Morgan fingerprint density at radius 3 is 2.89 bits per heavy atom. The van der Waals surface area contributed by atoms with Gasteiger partial charge in [0.25, 0.3) is 0 Å². The molecular weight excluding hydrogens is 326 g/mol. The van der Waals surface area contributed by atoms with Crippen LogP contribution in [0, 0.1) is 0 Å². The summed E-state index contributed by atoms with van der Waals surface area (Å²) in [4.78, 5) is 3.32. The van der Waals surface area contributed by atoms with E-state index in [2.05, 4.69) is 31.3 Å². The lowest BCUT2D eigenvalue weighted by Gasteiger charge is -2.17. The van der Waals surface area contributed by atoms with E-state index in [9.17, 15) is 0 Å². The van der Waals surface area contributed by atoms with Crippen LogP contribution >= 0.6 is 27.3 Å². The van der Waals surface area contributed by atoms with Crippen molar-refractivity contribution in [3.05, 3.63) is 34.3 Å². The molecule has 2 aromatic rings. The molecule has 0 bridgehead atoms. The van der Waals surface area contributed by atoms with E-state index in [0.717, 1.165) is 18.7 Å². The van der Waals surface area contributed by atoms with Crippen LogP contribution in [0.3, 0.4) is 0 Å². The van der Waals surface area contributed by atoms with Crippen LogP contribution in [0.25, 0.3) is 0 Å². The number of hydrogen-bond acceptors (Lipinski definition) is 4. The highest BCUT2D eigenvalue weighted by Gasteiger charge is 2.13. The number of rotatable bonds is 6. The van der Waals surface area contributed by atoms with Gasteiger partial charge in [-0.1, -0.05) is 0 Å². The Morgan fingerprint density at radius 1 is 1.47 bits per heavy atom. The number of ether oxygens (including phenoxy) is 1. The Labute approximate surface area is 126 Å². The first-order valence-electron chi connectivity index (χ1n) is 6.05. The van der Waals surface area contributed by atoms with Crippen LogP contribution in [-0.4, -0.2) is 40.3 Å². The first kappa shape index (κ1) is 14.6. The van der Waals surface area contributed by atoms with E-state index in [1.807, 2.05) is 44.2 Å². The highest BCUT2D eigenvalue weighted by Crippen LogP contribution is 2.29. The molecule has 1 unspecified atom stereocenters. The minimum Gasteiger partial charge on any atom is -0.477 e. The van der Waals surface area contributed by atoms with E-state index in [1.165, 1.54) is 10.6 Å². The Morgan fingerprint density at radius 2 is 2.26 bits per heavy atom. The van der Waals surface area contributed by atoms with Gasteiger partial charge in [-0.15, -0.1) is 11.3 Å². The van der Waals surface area contributed by atoms with Gasteiger partial charge in [-0.3, -0.25) is 4.68 Å². The Balaban J connectivity index is 2.03. The molecule has 0 N–H and O–H groups in total. The normalized spacial score (nSPS) is 12.9. The Kier molecular flexibility index (Phi) is 5.01. The lowest BCUT2D eigenvalue weighted by Crippen LogP contribution is -2.25. The maximum Gasteiger partial charge on any atom is 0.165 e. The highest BCUT2D eigenvalue weighted by atomic mass is 79.9. The molecular formula is C13H18BrN3OS. The van der Waals surface area contributed by atoms with Gasteiger partial charge >= 0.3 is 0 Å². The van der Waals surface area contributed by atoms with Crippen LogP contribution in [0.4, 0.5) is 0 Å². The van der Waals surface area contributed by atoms with Crippen molar-refractivity contribution < 1.29 is 4.74 Å². The monoisotopic (exact) mass is 343 g/mol. The zero-order valence-corrected chi connectivity index (χ0v) is 13.7. The Bertz CT molecular complexity index is 523. The average molecular weight is 344 g/mol. The van der Waals surface area contributed by atoms with Gasteiger partial charge in [0.1, 0.15) is 5.75 Å². The summed E-state index contributed by atoms with van der Waals surface area (Å²) in [6.45, 7) is 0.834. The molecule has 0 fully saturated rings. The third-order valence-electron chi connectivity index (χ3n) is 2.73. The molecule has 6 heteroatoms. The zero-order valence-electron chi connectivity index (χ0n) is 11.3. The molecule has 104 valence electrons. The topological polar surface area (TPSA) is 30.3 Å². The predicted molar refractivity (Wildman–Crippen MR) is 82.2 cm³/mol. The number of nitrogens with zero attached hydrogens (tertiary/aromatic N) is 3. The molecule has 0 saturated heterocycles. The molecule has 0 aliphatic heterocycles. The van der Waals surface area contributed by atoms with Crippen molar-refractivity contribution in [2.75, 3.05) is 20.6 Å². The molecule has 0 saturated carbocycles. The van der Waals surface area contributed by atoms with E-state index in [-0.39, 0.29) is 5.01 Å². The lowest BCUT2D eigenvalue weighted by molar-refractivity contribution is 0.238. The summed E-state index contributed by atoms with van der Waals surface area (Å²) in [5, 5.41) is 6.26. The zero-order chi connectivity index (χ0) is 13.8. The van der Waals surface area contributed by atoms with E-state index >= 15 is 0 Å². The quantitative estimate of drug-likeness (QED) is 0.755.